The highest BCUT2D eigenvalue weighted by molar-refractivity contribution is 7.99. The lowest BCUT2D eigenvalue weighted by Gasteiger charge is -2.07. The second kappa shape index (κ2) is 5.89. The Morgan fingerprint density at radius 3 is 2.83 bits per heavy atom. The van der Waals surface area contributed by atoms with Crippen molar-refractivity contribution in [3.8, 4) is 0 Å². The Balaban J connectivity index is 1.87. The van der Waals surface area contributed by atoms with E-state index < -0.39 is 0 Å². The van der Waals surface area contributed by atoms with Gasteiger partial charge < -0.3 is 10.1 Å². The molecule has 2 aromatic heterocycles. The SMILES string of the molecule is OCc1cc2c(Sc3cccc4cccnc34)cc(Cl)cc2[nH]1. The smallest absolute Gasteiger partial charge is 0.0841 e. The van der Waals surface area contributed by atoms with Crippen LogP contribution in [0.2, 0.25) is 5.02 Å². The van der Waals surface area contributed by atoms with E-state index in [2.05, 4.69) is 28.2 Å². The highest BCUT2D eigenvalue weighted by Crippen LogP contribution is 2.38. The fourth-order valence-electron chi connectivity index (χ4n) is 2.68. The maximum Gasteiger partial charge on any atom is 0.0841 e. The number of aliphatic hydroxyl groups is 1. The number of hydrogen-bond acceptors (Lipinski definition) is 3. The summed E-state index contributed by atoms with van der Waals surface area (Å²) >= 11 is 7.89. The summed E-state index contributed by atoms with van der Waals surface area (Å²) in [5.74, 6) is 0. The average molecular weight is 341 g/mol. The molecule has 0 spiro atoms. The van der Waals surface area contributed by atoms with E-state index in [-0.39, 0.29) is 6.61 Å². The average Bonchev–Trinajstić information content (AvgIpc) is 2.98. The molecule has 0 atom stereocenters. The molecular formula is C18H13ClN2OS. The maximum absolute atomic E-state index is 9.35. The summed E-state index contributed by atoms with van der Waals surface area (Å²) in [6.45, 7) is -0.0216. The summed E-state index contributed by atoms with van der Waals surface area (Å²) in [4.78, 5) is 9.81. The number of aromatic nitrogens is 2. The number of nitrogens with one attached hydrogen (secondary N) is 1. The van der Waals surface area contributed by atoms with Crippen LogP contribution in [0.4, 0.5) is 0 Å². The molecule has 4 aromatic rings. The van der Waals surface area contributed by atoms with E-state index in [0.717, 1.165) is 37.3 Å². The Kier molecular flexibility index (Phi) is 3.73. The van der Waals surface area contributed by atoms with Crippen LogP contribution in [-0.4, -0.2) is 15.1 Å². The first-order valence-electron chi connectivity index (χ1n) is 7.18. The Hall–Kier alpha value is -2.01. The molecule has 0 aliphatic rings. The van der Waals surface area contributed by atoms with E-state index in [1.807, 2.05) is 30.3 Å². The lowest BCUT2D eigenvalue weighted by Crippen LogP contribution is -1.82. The van der Waals surface area contributed by atoms with Gasteiger partial charge in [0.1, 0.15) is 0 Å². The van der Waals surface area contributed by atoms with Crippen LogP contribution in [0, 0.1) is 0 Å². The van der Waals surface area contributed by atoms with Crippen molar-refractivity contribution in [2.24, 2.45) is 0 Å². The number of fused-ring (bicyclic) bond motifs is 2. The minimum absolute atomic E-state index is 0.0216. The van der Waals surface area contributed by atoms with Crippen LogP contribution in [0.5, 0.6) is 0 Å². The van der Waals surface area contributed by atoms with Gasteiger partial charge in [-0.15, -0.1) is 0 Å². The first-order valence-corrected chi connectivity index (χ1v) is 8.37. The Labute approximate surface area is 142 Å². The molecule has 2 heterocycles. The molecule has 0 saturated carbocycles. The highest BCUT2D eigenvalue weighted by atomic mass is 35.5. The molecule has 0 bridgehead atoms. The molecule has 114 valence electrons. The molecular weight excluding hydrogens is 328 g/mol. The number of para-hydroxylation sites is 1. The van der Waals surface area contributed by atoms with Gasteiger partial charge >= 0.3 is 0 Å². The zero-order valence-corrected chi connectivity index (χ0v) is 13.7. The zero-order chi connectivity index (χ0) is 15.8. The summed E-state index contributed by atoms with van der Waals surface area (Å²) in [5, 5.41) is 12.2. The summed E-state index contributed by atoms with van der Waals surface area (Å²) in [7, 11) is 0. The van der Waals surface area contributed by atoms with Crippen molar-refractivity contribution in [1.82, 2.24) is 9.97 Å². The molecule has 2 aromatic carbocycles. The van der Waals surface area contributed by atoms with Crippen LogP contribution < -0.4 is 0 Å². The van der Waals surface area contributed by atoms with Gasteiger partial charge in [-0.1, -0.05) is 41.6 Å². The zero-order valence-electron chi connectivity index (χ0n) is 12.1. The van der Waals surface area contributed by atoms with Gasteiger partial charge in [0.15, 0.2) is 0 Å². The van der Waals surface area contributed by atoms with E-state index in [9.17, 15) is 5.11 Å². The van der Waals surface area contributed by atoms with Crippen LogP contribution in [0.15, 0.2) is 64.5 Å². The number of hydrogen-bond donors (Lipinski definition) is 2. The van der Waals surface area contributed by atoms with Crippen molar-refractivity contribution in [3.63, 3.8) is 0 Å². The van der Waals surface area contributed by atoms with Crippen LogP contribution in [-0.2, 0) is 6.61 Å². The molecule has 0 amide bonds. The van der Waals surface area contributed by atoms with Crippen molar-refractivity contribution in [2.75, 3.05) is 0 Å². The minimum Gasteiger partial charge on any atom is -0.390 e. The molecule has 0 aliphatic carbocycles. The molecule has 0 aliphatic heterocycles. The van der Waals surface area contributed by atoms with Gasteiger partial charge in [-0.05, 0) is 30.3 Å². The fourth-order valence-corrected chi connectivity index (χ4v) is 4.07. The highest BCUT2D eigenvalue weighted by Gasteiger charge is 2.11. The number of aliphatic hydroxyl groups excluding tert-OH is 1. The van der Waals surface area contributed by atoms with Gasteiger partial charge in [0.2, 0.25) is 0 Å². The topological polar surface area (TPSA) is 48.9 Å². The minimum atomic E-state index is -0.0216. The molecule has 5 heteroatoms. The van der Waals surface area contributed by atoms with Crippen LogP contribution >= 0.6 is 23.4 Å². The van der Waals surface area contributed by atoms with Crippen LogP contribution in [0.3, 0.4) is 0 Å². The molecule has 0 saturated heterocycles. The molecule has 23 heavy (non-hydrogen) atoms. The second-order valence-electron chi connectivity index (χ2n) is 5.25. The van der Waals surface area contributed by atoms with E-state index in [1.54, 1.807) is 18.0 Å². The van der Waals surface area contributed by atoms with Crippen LogP contribution in [0.1, 0.15) is 5.69 Å². The summed E-state index contributed by atoms with van der Waals surface area (Å²) < 4.78 is 0. The van der Waals surface area contributed by atoms with Gasteiger partial charge in [-0.3, -0.25) is 4.98 Å². The van der Waals surface area contributed by atoms with E-state index in [4.69, 9.17) is 11.6 Å². The monoisotopic (exact) mass is 340 g/mol. The number of aromatic amines is 1. The number of pyridine rings is 1. The van der Waals surface area contributed by atoms with Gasteiger partial charge in [0, 0.05) is 43.0 Å². The summed E-state index contributed by atoms with van der Waals surface area (Å²) in [5.41, 5.74) is 2.68. The predicted molar refractivity (Wildman–Crippen MR) is 95.1 cm³/mol. The fraction of sp³-hybridized carbons (Fsp3) is 0.0556. The van der Waals surface area contributed by atoms with Gasteiger partial charge in [0.05, 0.1) is 12.1 Å². The maximum atomic E-state index is 9.35. The first kappa shape index (κ1) is 14.6. The Bertz CT molecular complexity index is 1010. The van der Waals surface area contributed by atoms with Crippen molar-refractivity contribution in [3.05, 3.63) is 65.4 Å². The standard InChI is InChI=1S/C18H13ClN2OS/c19-12-7-15-14(9-13(10-22)21-15)17(8-12)23-16-5-1-3-11-4-2-6-20-18(11)16/h1-9,21-22H,10H2. The van der Waals surface area contributed by atoms with Crippen molar-refractivity contribution in [1.29, 1.82) is 0 Å². The number of H-pyrrole nitrogens is 1. The predicted octanol–water partition coefficient (Wildman–Crippen LogP) is 5.01. The third-order valence-corrected chi connectivity index (χ3v) is 5.03. The van der Waals surface area contributed by atoms with E-state index >= 15 is 0 Å². The van der Waals surface area contributed by atoms with E-state index in [0.29, 0.717) is 5.02 Å². The Morgan fingerprint density at radius 2 is 1.96 bits per heavy atom. The third-order valence-electron chi connectivity index (χ3n) is 3.71. The lowest BCUT2D eigenvalue weighted by molar-refractivity contribution is 0.278. The van der Waals surface area contributed by atoms with Gasteiger partial charge in [-0.25, -0.2) is 0 Å². The first-order chi connectivity index (χ1) is 11.2. The van der Waals surface area contributed by atoms with Crippen molar-refractivity contribution in [2.45, 2.75) is 16.4 Å². The lowest BCUT2D eigenvalue weighted by atomic mass is 10.2. The third kappa shape index (κ3) is 2.70. The number of benzene rings is 2. The quantitative estimate of drug-likeness (QED) is 0.551. The second-order valence-corrected chi connectivity index (χ2v) is 6.77. The number of halogens is 1. The molecule has 0 unspecified atom stereocenters. The van der Waals surface area contributed by atoms with Crippen molar-refractivity contribution >= 4 is 45.2 Å². The molecule has 3 nitrogen and oxygen atoms in total. The molecule has 0 radical (unpaired) electrons. The molecule has 4 rings (SSSR count). The number of nitrogens with zero attached hydrogens (tertiary/aromatic N) is 1. The van der Waals surface area contributed by atoms with Crippen molar-refractivity contribution < 1.29 is 5.11 Å². The van der Waals surface area contributed by atoms with Gasteiger partial charge in [0.25, 0.3) is 0 Å². The summed E-state index contributed by atoms with van der Waals surface area (Å²) in [6, 6.07) is 15.9. The normalized spacial score (nSPS) is 11.4. The molecule has 2 N–H and O–H groups in total. The van der Waals surface area contributed by atoms with E-state index in [1.165, 1.54) is 0 Å². The Morgan fingerprint density at radius 1 is 1.09 bits per heavy atom. The van der Waals surface area contributed by atoms with Crippen LogP contribution in [0.25, 0.3) is 21.8 Å². The summed E-state index contributed by atoms with van der Waals surface area (Å²) in [6.07, 6.45) is 1.81. The number of rotatable bonds is 3. The largest absolute Gasteiger partial charge is 0.390 e. The van der Waals surface area contributed by atoms with Gasteiger partial charge in [-0.2, -0.15) is 0 Å². The molecule has 0 fully saturated rings.